The largest absolute Gasteiger partial charge is 0.274 e. The van der Waals surface area contributed by atoms with Gasteiger partial charge < -0.3 is 0 Å². The summed E-state index contributed by atoms with van der Waals surface area (Å²) in [5.74, 6) is -1.65. The molecule has 3 aliphatic carbocycles. The number of anilines is 1. The van der Waals surface area contributed by atoms with Crippen LogP contribution >= 0.6 is 0 Å². The van der Waals surface area contributed by atoms with Gasteiger partial charge in [-0.05, 0) is 34.4 Å². The summed E-state index contributed by atoms with van der Waals surface area (Å²) >= 11 is 0. The van der Waals surface area contributed by atoms with Gasteiger partial charge in [0.15, 0.2) is 0 Å². The molecule has 2 amide bonds. The van der Waals surface area contributed by atoms with Gasteiger partial charge in [-0.2, -0.15) is 0 Å². The zero-order chi connectivity index (χ0) is 21.5. The van der Waals surface area contributed by atoms with Gasteiger partial charge >= 0.3 is 0 Å². The highest BCUT2D eigenvalue weighted by Crippen LogP contribution is 2.64. The van der Waals surface area contributed by atoms with Gasteiger partial charge in [-0.25, -0.2) is 4.90 Å². The molecule has 0 N–H and O–H groups in total. The lowest BCUT2D eigenvalue weighted by Crippen LogP contribution is -2.51. The molecule has 1 heterocycles. The minimum Gasteiger partial charge on any atom is -0.274 e. The molecule has 2 bridgehead atoms. The maximum atomic E-state index is 13.8. The Morgan fingerprint density at radius 3 is 1.94 bits per heavy atom. The van der Waals surface area contributed by atoms with Crippen molar-refractivity contribution in [3.8, 4) is 0 Å². The van der Waals surface area contributed by atoms with E-state index in [4.69, 9.17) is 0 Å². The molecular formula is C25H18N2O4. The van der Waals surface area contributed by atoms with Crippen molar-refractivity contribution in [3.05, 3.63) is 105 Å². The van der Waals surface area contributed by atoms with E-state index in [-0.39, 0.29) is 23.4 Å². The summed E-state index contributed by atoms with van der Waals surface area (Å²) in [6.07, 6.45) is 0. The molecule has 0 radical (unpaired) electrons. The molecule has 1 aliphatic heterocycles. The lowest BCUT2D eigenvalue weighted by atomic mass is 9.48. The number of hydrogen-bond acceptors (Lipinski definition) is 4. The first-order valence-electron chi connectivity index (χ1n) is 10.3. The highest BCUT2D eigenvalue weighted by Gasteiger charge is 2.66. The van der Waals surface area contributed by atoms with Crippen LogP contribution in [0, 0.1) is 22.0 Å². The van der Waals surface area contributed by atoms with Gasteiger partial charge in [-0.3, -0.25) is 19.7 Å². The molecule has 3 aromatic rings. The number of benzene rings is 3. The molecule has 31 heavy (non-hydrogen) atoms. The first-order valence-corrected chi connectivity index (χ1v) is 10.3. The molecule has 1 saturated heterocycles. The maximum absolute atomic E-state index is 13.8. The number of nitro groups is 1. The number of carbonyl (C=O) groups is 2. The normalized spacial score (nSPS) is 27.6. The summed E-state index contributed by atoms with van der Waals surface area (Å²) in [6.45, 7) is 2.07. The van der Waals surface area contributed by atoms with Gasteiger partial charge in [0.25, 0.3) is 5.69 Å². The zero-order valence-corrected chi connectivity index (χ0v) is 16.7. The number of hydrogen-bond donors (Lipinski definition) is 0. The molecule has 4 aliphatic rings. The Labute approximate surface area is 178 Å². The number of carbonyl (C=O) groups excluding carboxylic acids is 2. The van der Waals surface area contributed by atoms with E-state index in [0.29, 0.717) is 5.69 Å². The van der Waals surface area contributed by atoms with Crippen molar-refractivity contribution in [2.75, 3.05) is 4.90 Å². The lowest BCUT2D eigenvalue weighted by molar-refractivity contribution is -0.384. The fourth-order valence-electron chi connectivity index (χ4n) is 6.13. The average Bonchev–Trinajstić information content (AvgIpc) is 3.06. The monoisotopic (exact) mass is 410 g/mol. The van der Waals surface area contributed by atoms with E-state index in [1.54, 1.807) is 0 Å². The fourth-order valence-corrected chi connectivity index (χ4v) is 6.13. The molecule has 0 aromatic heterocycles. The first kappa shape index (κ1) is 18.0. The Morgan fingerprint density at radius 2 is 1.39 bits per heavy atom. The standard InChI is InChI=1S/C25H18N2O4/c1-25-18-8-4-2-6-16(18)20(17-7-3-5-9-19(17)25)21-22(25)24(29)26(23(21)28)14-10-12-15(13-11-14)27(30)31/h2-13,20-22H,1H3. The summed E-state index contributed by atoms with van der Waals surface area (Å²) in [5, 5.41) is 11.0. The van der Waals surface area contributed by atoms with Crippen LogP contribution in [0.3, 0.4) is 0 Å². The fraction of sp³-hybridized carbons (Fsp3) is 0.200. The highest BCUT2D eigenvalue weighted by molar-refractivity contribution is 6.23. The second-order valence-corrected chi connectivity index (χ2v) is 8.64. The maximum Gasteiger partial charge on any atom is 0.269 e. The van der Waals surface area contributed by atoms with E-state index >= 15 is 0 Å². The number of nitrogens with zero attached hydrogens (tertiary/aromatic N) is 2. The van der Waals surface area contributed by atoms with Crippen LogP contribution in [0.25, 0.3) is 0 Å². The second kappa shape index (κ2) is 5.88. The minimum absolute atomic E-state index is 0.0768. The van der Waals surface area contributed by atoms with Crippen LogP contribution < -0.4 is 4.90 Å². The van der Waals surface area contributed by atoms with Crippen molar-refractivity contribution in [1.82, 2.24) is 0 Å². The van der Waals surface area contributed by atoms with Crippen molar-refractivity contribution >= 4 is 23.2 Å². The summed E-state index contributed by atoms with van der Waals surface area (Å²) in [5.41, 5.74) is 4.11. The van der Waals surface area contributed by atoms with Gasteiger partial charge in [0.2, 0.25) is 11.8 Å². The molecule has 152 valence electrons. The van der Waals surface area contributed by atoms with Crippen LogP contribution in [-0.4, -0.2) is 16.7 Å². The number of amides is 2. The van der Waals surface area contributed by atoms with Gasteiger partial charge in [-0.1, -0.05) is 55.5 Å². The van der Waals surface area contributed by atoms with Gasteiger partial charge in [0, 0.05) is 23.5 Å². The molecule has 3 aromatic carbocycles. The van der Waals surface area contributed by atoms with E-state index in [9.17, 15) is 19.7 Å². The smallest absolute Gasteiger partial charge is 0.269 e. The third-order valence-corrected chi connectivity index (χ3v) is 7.36. The van der Waals surface area contributed by atoms with Crippen molar-refractivity contribution < 1.29 is 14.5 Å². The zero-order valence-electron chi connectivity index (χ0n) is 16.7. The summed E-state index contributed by atoms with van der Waals surface area (Å²) < 4.78 is 0. The molecule has 6 heteroatoms. The Balaban J connectivity index is 1.55. The van der Waals surface area contributed by atoms with Gasteiger partial charge in [0.1, 0.15) is 0 Å². The topological polar surface area (TPSA) is 80.5 Å². The Kier molecular flexibility index (Phi) is 3.41. The quantitative estimate of drug-likeness (QED) is 0.361. The summed E-state index contributed by atoms with van der Waals surface area (Å²) in [6, 6.07) is 21.8. The molecule has 1 fully saturated rings. The predicted molar refractivity (Wildman–Crippen MR) is 114 cm³/mol. The van der Waals surface area contributed by atoms with Crippen LogP contribution in [0.4, 0.5) is 11.4 Å². The SMILES string of the molecule is CC12c3ccccc3C(c3ccccc31)C1C(=O)N(c3ccc([N+](=O)[O-])cc3)C(=O)C12. The molecule has 0 spiro atoms. The summed E-state index contributed by atoms with van der Waals surface area (Å²) in [7, 11) is 0. The third kappa shape index (κ3) is 2.06. The number of non-ortho nitro benzene ring substituents is 1. The van der Waals surface area contributed by atoms with Crippen LogP contribution in [0.2, 0.25) is 0 Å². The first-order chi connectivity index (χ1) is 14.9. The Morgan fingerprint density at radius 1 is 0.839 bits per heavy atom. The molecule has 0 saturated carbocycles. The van der Waals surface area contributed by atoms with E-state index in [1.807, 2.05) is 24.3 Å². The van der Waals surface area contributed by atoms with Crippen molar-refractivity contribution in [1.29, 1.82) is 0 Å². The number of imide groups is 1. The van der Waals surface area contributed by atoms with Crippen LogP contribution in [-0.2, 0) is 15.0 Å². The third-order valence-electron chi connectivity index (χ3n) is 7.36. The highest BCUT2D eigenvalue weighted by atomic mass is 16.6. The van der Waals surface area contributed by atoms with Crippen LogP contribution in [0.5, 0.6) is 0 Å². The van der Waals surface area contributed by atoms with E-state index in [2.05, 4.69) is 31.2 Å². The molecule has 6 nitrogen and oxygen atoms in total. The van der Waals surface area contributed by atoms with E-state index < -0.39 is 22.2 Å². The Bertz CT molecular complexity index is 1250. The number of rotatable bonds is 2. The van der Waals surface area contributed by atoms with E-state index in [1.165, 1.54) is 29.2 Å². The van der Waals surface area contributed by atoms with Crippen LogP contribution in [0.15, 0.2) is 72.8 Å². The van der Waals surface area contributed by atoms with Crippen molar-refractivity contribution in [2.45, 2.75) is 18.3 Å². The van der Waals surface area contributed by atoms with Crippen LogP contribution in [0.1, 0.15) is 35.1 Å². The Hall–Kier alpha value is -3.80. The van der Waals surface area contributed by atoms with Crippen molar-refractivity contribution in [3.63, 3.8) is 0 Å². The van der Waals surface area contributed by atoms with Gasteiger partial charge in [0.05, 0.1) is 22.4 Å². The molecule has 2 atom stereocenters. The van der Waals surface area contributed by atoms with E-state index in [0.717, 1.165) is 22.3 Å². The minimum atomic E-state index is -0.616. The average molecular weight is 410 g/mol. The lowest BCUT2D eigenvalue weighted by Gasteiger charge is -2.52. The van der Waals surface area contributed by atoms with Gasteiger partial charge in [-0.15, -0.1) is 0 Å². The molecule has 2 unspecified atom stereocenters. The van der Waals surface area contributed by atoms with Crippen molar-refractivity contribution in [2.24, 2.45) is 11.8 Å². The number of nitro benzene ring substituents is 1. The predicted octanol–water partition coefficient (Wildman–Crippen LogP) is 4.17. The summed E-state index contributed by atoms with van der Waals surface area (Å²) in [4.78, 5) is 39.2. The second-order valence-electron chi connectivity index (χ2n) is 8.64. The molecular weight excluding hydrogens is 392 g/mol. The molecule has 7 rings (SSSR count).